The Morgan fingerprint density at radius 1 is 0.867 bits per heavy atom. The molecule has 0 unspecified atom stereocenters. The van der Waals surface area contributed by atoms with Crippen LogP contribution in [0.3, 0.4) is 0 Å². The maximum Gasteiger partial charge on any atom is 0.416 e. The molecule has 2 aliphatic rings. The Hall–Kier alpha value is -2.02. The highest BCUT2D eigenvalue weighted by Gasteiger charge is 2.30. The van der Waals surface area contributed by atoms with Crippen molar-refractivity contribution in [2.75, 3.05) is 0 Å². The highest BCUT2D eigenvalue weighted by molar-refractivity contribution is 5.27. The van der Waals surface area contributed by atoms with Crippen molar-refractivity contribution in [2.24, 2.45) is 17.8 Å². The zero-order valence-corrected chi connectivity index (χ0v) is 17.6. The van der Waals surface area contributed by atoms with E-state index >= 15 is 0 Å². The third-order valence-electron chi connectivity index (χ3n) is 6.96. The smallest absolute Gasteiger partial charge is 0.193 e. The Labute approximate surface area is 178 Å². The summed E-state index contributed by atoms with van der Waals surface area (Å²) in [6, 6.07) is 7.82. The van der Waals surface area contributed by atoms with Gasteiger partial charge in [0.1, 0.15) is 0 Å². The van der Waals surface area contributed by atoms with Crippen molar-refractivity contribution >= 4 is 0 Å². The second-order valence-corrected chi connectivity index (χ2v) is 9.01. The standard InChI is InChI=1S/C26H32F3N/c27-26(28,29)25-17-15-24(16-18-25)23-13-11-22(12-14-23)10-9-21-7-5-20(6-8-21)4-2-1-3-19-30/h1,3,9-10,15-18,20-23H,2,4-8,11-14H2. The van der Waals surface area contributed by atoms with Crippen LogP contribution in [0.25, 0.3) is 0 Å². The van der Waals surface area contributed by atoms with Gasteiger partial charge < -0.3 is 0 Å². The fourth-order valence-corrected chi connectivity index (χ4v) is 5.04. The molecule has 3 rings (SSSR count). The average molecular weight is 416 g/mol. The van der Waals surface area contributed by atoms with Crippen molar-refractivity contribution in [2.45, 2.75) is 76.3 Å². The molecule has 1 nitrogen and oxygen atoms in total. The van der Waals surface area contributed by atoms with Crippen molar-refractivity contribution in [1.29, 1.82) is 5.26 Å². The van der Waals surface area contributed by atoms with Crippen LogP contribution in [0.5, 0.6) is 0 Å². The van der Waals surface area contributed by atoms with Crippen LogP contribution in [-0.4, -0.2) is 0 Å². The molecule has 2 fully saturated rings. The largest absolute Gasteiger partial charge is 0.416 e. The van der Waals surface area contributed by atoms with Gasteiger partial charge in [-0.2, -0.15) is 18.4 Å². The normalized spacial score (nSPS) is 28.1. The number of hydrogen-bond donors (Lipinski definition) is 0. The Morgan fingerprint density at radius 2 is 1.43 bits per heavy atom. The molecule has 0 aliphatic heterocycles. The van der Waals surface area contributed by atoms with E-state index in [9.17, 15) is 13.2 Å². The Balaban J connectivity index is 1.38. The number of rotatable bonds is 6. The van der Waals surface area contributed by atoms with Crippen LogP contribution in [-0.2, 0) is 6.18 Å². The molecular weight excluding hydrogens is 383 g/mol. The van der Waals surface area contributed by atoms with Gasteiger partial charge in [-0.15, -0.1) is 0 Å². The van der Waals surface area contributed by atoms with Gasteiger partial charge in [0.05, 0.1) is 11.6 Å². The summed E-state index contributed by atoms with van der Waals surface area (Å²) in [5.74, 6) is 2.51. The summed E-state index contributed by atoms with van der Waals surface area (Å²) in [4.78, 5) is 0. The number of nitrogens with zero attached hydrogens (tertiary/aromatic N) is 1. The number of alkyl halides is 3. The predicted molar refractivity (Wildman–Crippen MR) is 115 cm³/mol. The zero-order chi connectivity index (χ0) is 21.4. The number of nitriles is 1. The minimum atomic E-state index is -4.26. The van der Waals surface area contributed by atoms with Gasteiger partial charge in [-0.05, 0) is 106 Å². The summed E-state index contributed by atoms with van der Waals surface area (Å²) < 4.78 is 38.2. The number of allylic oxidation sites excluding steroid dienone is 4. The van der Waals surface area contributed by atoms with E-state index in [1.165, 1.54) is 44.2 Å². The van der Waals surface area contributed by atoms with E-state index in [4.69, 9.17) is 5.26 Å². The van der Waals surface area contributed by atoms with Gasteiger partial charge in [0.2, 0.25) is 0 Å². The lowest BCUT2D eigenvalue weighted by molar-refractivity contribution is -0.137. The number of halogens is 3. The molecule has 30 heavy (non-hydrogen) atoms. The van der Waals surface area contributed by atoms with Crippen LogP contribution in [0.15, 0.2) is 48.6 Å². The topological polar surface area (TPSA) is 23.8 Å². The molecule has 162 valence electrons. The minimum Gasteiger partial charge on any atom is -0.193 e. The summed E-state index contributed by atoms with van der Waals surface area (Å²) in [6.45, 7) is 0. The zero-order valence-electron chi connectivity index (χ0n) is 17.6. The molecule has 1 aromatic carbocycles. The van der Waals surface area contributed by atoms with Crippen molar-refractivity contribution in [1.82, 2.24) is 0 Å². The highest BCUT2D eigenvalue weighted by Crippen LogP contribution is 2.38. The molecule has 4 heteroatoms. The Morgan fingerprint density at radius 3 is 1.97 bits per heavy atom. The van der Waals surface area contributed by atoms with Gasteiger partial charge in [-0.3, -0.25) is 0 Å². The van der Waals surface area contributed by atoms with Gasteiger partial charge >= 0.3 is 6.18 Å². The fourth-order valence-electron chi connectivity index (χ4n) is 5.04. The molecule has 0 radical (unpaired) electrons. The molecule has 0 saturated heterocycles. The van der Waals surface area contributed by atoms with Gasteiger partial charge in [0.15, 0.2) is 0 Å². The first-order chi connectivity index (χ1) is 14.5. The SMILES string of the molecule is N#CC=CCCC1CCC(C=CC2CCC(c3ccc(C(F)(F)F)cc3)CC2)CC1. The molecule has 0 N–H and O–H groups in total. The lowest BCUT2D eigenvalue weighted by Gasteiger charge is -2.29. The first-order valence-corrected chi connectivity index (χ1v) is 11.4. The molecular formula is C26H32F3N. The maximum atomic E-state index is 12.7. The van der Waals surface area contributed by atoms with Crippen molar-refractivity contribution in [3.8, 4) is 6.07 Å². The lowest BCUT2D eigenvalue weighted by Crippen LogP contribution is -2.14. The minimum absolute atomic E-state index is 0.391. The highest BCUT2D eigenvalue weighted by atomic mass is 19.4. The number of hydrogen-bond acceptors (Lipinski definition) is 1. The molecule has 0 amide bonds. The first-order valence-electron chi connectivity index (χ1n) is 11.4. The molecule has 0 spiro atoms. The predicted octanol–water partition coefficient (Wildman–Crippen LogP) is 8.20. The molecule has 0 heterocycles. The van der Waals surface area contributed by atoms with Crippen LogP contribution in [0.2, 0.25) is 0 Å². The van der Waals surface area contributed by atoms with E-state index < -0.39 is 11.7 Å². The second kappa shape index (κ2) is 10.8. The summed E-state index contributed by atoms with van der Waals surface area (Å²) in [5, 5.41) is 8.53. The quantitative estimate of drug-likeness (QED) is 0.339. The van der Waals surface area contributed by atoms with Crippen LogP contribution in [0.4, 0.5) is 13.2 Å². The summed E-state index contributed by atoms with van der Waals surface area (Å²) >= 11 is 0. The Kier molecular flexibility index (Phi) is 8.19. The van der Waals surface area contributed by atoms with E-state index in [1.807, 2.05) is 12.1 Å². The van der Waals surface area contributed by atoms with Crippen LogP contribution >= 0.6 is 0 Å². The van der Waals surface area contributed by atoms with Crippen molar-refractivity contribution < 1.29 is 13.2 Å². The van der Waals surface area contributed by atoms with Crippen LogP contribution < -0.4 is 0 Å². The van der Waals surface area contributed by atoms with Crippen molar-refractivity contribution in [3.05, 3.63) is 59.7 Å². The second-order valence-electron chi connectivity index (χ2n) is 9.01. The summed E-state index contributed by atoms with van der Waals surface area (Å²) in [6.07, 6.45) is 15.9. The fraction of sp³-hybridized carbons (Fsp3) is 0.577. The molecule has 1 aromatic rings. The molecule has 0 aromatic heterocycles. The third-order valence-corrected chi connectivity index (χ3v) is 6.96. The molecule has 0 atom stereocenters. The molecule has 0 bridgehead atoms. The van der Waals surface area contributed by atoms with Gasteiger partial charge in [-0.1, -0.05) is 30.4 Å². The van der Waals surface area contributed by atoms with E-state index in [2.05, 4.69) is 12.2 Å². The van der Waals surface area contributed by atoms with E-state index in [1.54, 1.807) is 18.2 Å². The molecule has 2 aliphatic carbocycles. The van der Waals surface area contributed by atoms with Crippen molar-refractivity contribution in [3.63, 3.8) is 0 Å². The van der Waals surface area contributed by atoms with Crippen LogP contribution in [0, 0.1) is 29.1 Å². The number of benzene rings is 1. The van der Waals surface area contributed by atoms with Crippen LogP contribution in [0.1, 0.15) is 81.3 Å². The third kappa shape index (κ3) is 6.76. The van der Waals surface area contributed by atoms with E-state index in [0.29, 0.717) is 17.8 Å². The van der Waals surface area contributed by atoms with Gasteiger partial charge in [0, 0.05) is 6.08 Å². The monoisotopic (exact) mass is 415 g/mol. The maximum absolute atomic E-state index is 12.7. The average Bonchev–Trinajstić information content (AvgIpc) is 2.76. The first kappa shape index (κ1) is 22.7. The van der Waals surface area contributed by atoms with Gasteiger partial charge in [0.25, 0.3) is 0 Å². The molecule has 2 saturated carbocycles. The summed E-state index contributed by atoms with van der Waals surface area (Å²) in [7, 11) is 0. The van der Waals surface area contributed by atoms with E-state index in [0.717, 1.165) is 43.6 Å². The lowest BCUT2D eigenvalue weighted by atomic mass is 9.77. The van der Waals surface area contributed by atoms with Gasteiger partial charge in [-0.25, -0.2) is 0 Å². The Bertz CT molecular complexity index is 738. The summed E-state index contributed by atoms with van der Waals surface area (Å²) in [5.41, 5.74) is 0.490. The van der Waals surface area contributed by atoms with E-state index in [-0.39, 0.29) is 0 Å².